The maximum atomic E-state index is 6.59. The van der Waals surface area contributed by atoms with Crippen molar-refractivity contribution >= 4 is 43.7 Å². The second kappa shape index (κ2) is 14.7. The fraction of sp³-hybridized carbons (Fsp3) is 0. The SMILES string of the molecule is c1ccc(-c2ccc(-c3nc(-c4ccccc4)nc(-c4ccc5c(c4)oc4cccc(-c6ccc(-c7ccc8c(c7)c7ccccc7n8-c7ccccc7)cc6)c45)n3)cc2)cc1. The van der Waals surface area contributed by atoms with E-state index < -0.39 is 0 Å². The number of para-hydroxylation sites is 2. The number of benzene rings is 9. The molecular weight excluding hydrogens is 757 g/mol. The number of hydrogen-bond donors (Lipinski definition) is 0. The highest BCUT2D eigenvalue weighted by Crippen LogP contribution is 2.40. The molecule has 0 unspecified atom stereocenters. The number of rotatable bonds is 7. The largest absolute Gasteiger partial charge is 0.456 e. The zero-order valence-corrected chi connectivity index (χ0v) is 33.5. The van der Waals surface area contributed by atoms with Gasteiger partial charge in [-0.1, -0.05) is 170 Å². The fourth-order valence-corrected chi connectivity index (χ4v) is 8.85. The molecule has 0 aliphatic rings. The van der Waals surface area contributed by atoms with Crippen LogP contribution in [-0.4, -0.2) is 19.5 Å². The molecule has 0 amide bonds. The molecule has 0 aliphatic heterocycles. The van der Waals surface area contributed by atoms with Gasteiger partial charge >= 0.3 is 0 Å². The van der Waals surface area contributed by atoms with Crippen LogP contribution >= 0.6 is 0 Å². The Labute approximate surface area is 357 Å². The molecule has 0 radical (unpaired) electrons. The predicted molar refractivity (Wildman–Crippen MR) is 254 cm³/mol. The Hall–Kier alpha value is -8.41. The van der Waals surface area contributed by atoms with Crippen molar-refractivity contribution < 1.29 is 4.42 Å². The first kappa shape index (κ1) is 35.5. The summed E-state index contributed by atoms with van der Waals surface area (Å²) in [5, 5.41) is 4.60. The minimum absolute atomic E-state index is 0.585. The lowest BCUT2D eigenvalue weighted by molar-refractivity contribution is 0.669. The van der Waals surface area contributed by atoms with Crippen molar-refractivity contribution in [1.29, 1.82) is 0 Å². The third kappa shape index (κ3) is 6.14. The maximum absolute atomic E-state index is 6.59. The Bertz CT molecular complexity index is 3590. The third-order valence-electron chi connectivity index (χ3n) is 11.9. The van der Waals surface area contributed by atoms with Crippen LogP contribution in [0.2, 0.25) is 0 Å². The molecule has 0 bridgehead atoms. The first-order valence-electron chi connectivity index (χ1n) is 20.8. The minimum Gasteiger partial charge on any atom is -0.456 e. The van der Waals surface area contributed by atoms with Crippen LogP contribution in [0.3, 0.4) is 0 Å². The number of hydrogen-bond acceptors (Lipinski definition) is 4. The van der Waals surface area contributed by atoms with Gasteiger partial charge in [0.25, 0.3) is 0 Å². The first-order valence-corrected chi connectivity index (χ1v) is 20.8. The molecule has 0 saturated heterocycles. The summed E-state index contributed by atoms with van der Waals surface area (Å²) < 4.78 is 8.94. The lowest BCUT2D eigenvalue weighted by Crippen LogP contribution is -2.00. The van der Waals surface area contributed by atoms with E-state index in [9.17, 15) is 0 Å². The molecule has 0 aliphatic carbocycles. The van der Waals surface area contributed by atoms with E-state index in [4.69, 9.17) is 19.4 Å². The van der Waals surface area contributed by atoms with Crippen LogP contribution in [0.5, 0.6) is 0 Å². The summed E-state index contributed by atoms with van der Waals surface area (Å²) in [6.45, 7) is 0. The van der Waals surface area contributed by atoms with Crippen LogP contribution in [0, 0.1) is 0 Å². The highest BCUT2D eigenvalue weighted by atomic mass is 16.3. The quantitative estimate of drug-likeness (QED) is 0.161. The lowest BCUT2D eigenvalue weighted by atomic mass is 9.96. The number of fused-ring (bicyclic) bond motifs is 6. The van der Waals surface area contributed by atoms with Gasteiger partial charge in [-0.2, -0.15) is 0 Å². The Morgan fingerprint density at radius 2 is 0.823 bits per heavy atom. The molecule has 3 aromatic heterocycles. The maximum Gasteiger partial charge on any atom is 0.164 e. The van der Waals surface area contributed by atoms with Gasteiger partial charge in [-0.25, -0.2) is 15.0 Å². The summed E-state index contributed by atoms with van der Waals surface area (Å²) in [4.78, 5) is 15.0. The van der Waals surface area contributed by atoms with Crippen molar-refractivity contribution in [1.82, 2.24) is 19.5 Å². The number of aromatic nitrogens is 4. The zero-order valence-electron chi connectivity index (χ0n) is 33.5. The molecule has 62 heavy (non-hydrogen) atoms. The first-order chi connectivity index (χ1) is 30.7. The van der Waals surface area contributed by atoms with Crippen molar-refractivity contribution in [2.45, 2.75) is 0 Å². The third-order valence-corrected chi connectivity index (χ3v) is 11.9. The Kier molecular flexibility index (Phi) is 8.42. The average Bonchev–Trinajstić information content (AvgIpc) is 3.90. The van der Waals surface area contributed by atoms with Gasteiger partial charge in [0.1, 0.15) is 11.2 Å². The van der Waals surface area contributed by atoms with Crippen LogP contribution in [0.25, 0.3) is 117 Å². The molecule has 290 valence electrons. The summed E-state index contributed by atoms with van der Waals surface area (Å²) in [5.41, 5.74) is 14.8. The van der Waals surface area contributed by atoms with Crippen LogP contribution in [-0.2, 0) is 0 Å². The molecule has 5 heteroatoms. The van der Waals surface area contributed by atoms with Crippen molar-refractivity contribution in [3.05, 3.63) is 218 Å². The monoisotopic (exact) mass is 792 g/mol. The molecule has 9 aromatic carbocycles. The van der Waals surface area contributed by atoms with E-state index in [1.165, 1.54) is 32.9 Å². The molecule has 0 N–H and O–H groups in total. The average molecular weight is 793 g/mol. The summed E-state index contributed by atoms with van der Waals surface area (Å²) in [7, 11) is 0. The molecular formula is C57H36N4O. The molecule has 0 spiro atoms. The van der Waals surface area contributed by atoms with E-state index in [0.29, 0.717) is 17.5 Å². The smallest absolute Gasteiger partial charge is 0.164 e. The van der Waals surface area contributed by atoms with Gasteiger partial charge in [-0.05, 0) is 81.9 Å². The van der Waals surface area contributed by atoms with Crippen molar-refractivity contribution in [2.75, 3.05) is 0 Å². The van der Waals surface area contributed by atoms with Gasteiger partial charge < -0.3 is 8.98 Å². The summed E-state index contributed by atoms with van der Waals surface area (Å²) in [5.74, 6) is 1.82. The molecule has 12 aromatic rings. The van der Waals surface area contributed by atoms with E-state index >= 15 is 0 Å². The molecule has 12 rings (SSSR count). The van der Waals surface area contributed by atoms with Gasteiger partial charge in [-0.3, -0.25) is 0 Å². The molecule has 0 fully saturated rings. The Balaban J connectivity index is 0.902. The Morgan fingerprint density at radius 3 is 1.55 bits per heavy atom. The van der Waals surface area contributed by atoms with Crippen LogP contribution in [0.1, 0.15) is 0 Å². The zero-order chi connectivity index (χ0) is 41.0. The van der Waals surface area contributed by atoms with E-state index in [1.54, 1.807) is 0 Å². The normalized spacial score (nSPS) is 11.5. The van der Waals surface area contributed by atoms with Crippen molar-refractivity contribution in [3.63, 3.8) is 0 Å². The second-order valence-electron chi connectivity index (χ2n) is 15.6. The Morgan fingerprint density at radius 1 is 0.306 bits per heavy atom. The second-order valence-corrected chi connectivity index (χ2v) is 15.6. The highest BCUT2D eigenvalue weighted by Gasteiger charge is 2.18. The molecule has 3 heterocycles. The van der Waals surface area contributed by atoms with E-state index in [2.05, 4.69) is 180 Å². The van der Waals surface area contributed by atoms with Crippen molar-refractivity contribution in [2.24, 2.45) is 0 Å². The summed E-state index contributed by atoms with van der Waals surface area (Å²) in [6.07, 6.45) is 0. The minimum atomic E-state index is 0.585. The number of furan rings is 1. The lowest BCUT2D eigenvalue weighted by Gasteiger charge is -2.09. The highest BCUT2D eigenvalue weighted by molar-refractivity contribution is 6.13. The summed E-state index contributed by atoms with van der Waals surface area (Å²) >= 11 is 0. The van der Waals surface area contributed by atoms with Gasteiger partial charge in [-0.15, -0.1) is 0 Å². The topological polar surface area (TPSA) is 56.7 Å². The molecule has 0 saturated carbocycles. The van der Waals surface area contributed by atoms with Crippen LogP contribution < -0.4 is 0 Å². The van der Waals surface area contributed by atoms with E-state index in [-0.39, 0.29) is 0 Å². The van der Waals surface area contributed by atoms with Crippen LogP contribution in [0.4, 0.5) is 0 Å². The van der Waals surface area contributed by atoms with E-state index in [1.807, 2.05) is 42.5 Å². The predicted octanol–water partition coefficient (Wildman–Crippen LogP) is 14.9. The van der Waals surface area contributed by atoms with E-state index in [0.717, 1.165) is 66.6 Å². The van der Waals surface area contributed by atoms with Gasteiger partial charge in [0.15, 0.2) is 17.5 Å². The standard InChI is InChI=1S/C57H36N4O/c1-4-13-37(14-5-1)38-25-29-42(30-26-38)56-58-55(41-15-6-2-7-16-41)59-57(60-56)44-31-33-48-53(36-44)62-52-22-12-20-46(54(48)52)40-27-23-39(24-28-40)43-32-34-51-49(35-43)47-19-10-11-21-50(47)61(51)45-17-8-3-9-18-45/h1-36H. The summed E-state index contributed by atoms with van der Waals surface area (Å²) in [6, 6.07) is 76.4. The number of nitrogens with zero attached hydrogens (tertiary/aromatic N) is 4. The van der Waals surface area contributed by atoms with Gasteiger partial charge in [0, 0.05) is 43.9 Å². The van der Waals surface area contributed by atoms with Gasteiger partial charge in [0.05, 0.1) is 11.0 Å². The molecule has 5 nitrogen and oxygen atoms in total. The fourth-order valence-electron chi connectivity index (χ4n) is 8.85. The van der Waals surface area contributed by atoms with Gasteiger partial charge in [0.2, 0.25) is 0 Å². The van der Waals surface area contributed by atoms with Crippen LogP contribution in [0.15, 0.2) is 223 Å². The molecule has 0 atom stereocenters. The van der Waals surface area contributed by atoms with Crippen molar-refractivity contribution in [3.8, 4) is 73.2 Å².